The molecule has 5 rings (SSSR count). The molecule has 4 heterocycles. The van der Waals surface area contributed by atoms with Gasteiger partial charge in [0.1, 0.15) is 6.10 Å². The lowest BCUT2D eigenvalue weighted by Gasteiger charge is -2.23. The summed E-state index contributed by atoms with van der Waals surface area (Å²) in [5, 5.41) is 15.9. The van der Waals surface area contributed by atoms with Crippen molar-refractivity contribution in [3.63, 3.8) is 0 Å². The van der Waals surface area contributed by atoms with E-state index < -0.39 is 0 Å². The van der Waals surface area contributed by atoms with Crippen LogP contribution in [0.25, 0.3) is 11.3 Å². The Morgan fingerprint density at radius 3 is 2.73 bits per heavy atom. The Morgan fingerprint density at radius 2 is 1.97 bits per heavy atom. The third-order valence-corrected chi connectivity index (χ3v) is 6.02. The SMILES string of the molecule is CC(C)c1cnn2c(NC(C)c3ccccc3-n3cccn3)nc(O[C@@H]3CCCNC3)nc12. The molecule has 2 N–H and O–H groups in total. The number of para-hydroxylation sites is 1. The number of benzene rings is 1. The molecule has 1 aliphatic rings. The second-order valence-electron chi connectivity index (χ2n) is 8.78. The summed E-state index contributed by atoms with van der Waals surface area (Å²) in [7, 11) is 0. The van der Waals surface area contributed by atoms with E-state index in [-0.39, 0.29) is 18.1 Å². The van der Waals surface area contributed by atoms with Crippen molar-refractivity contribution >= 4 is 11.6 Å². The molecule has 1 fully saturated rings. The summed E-state index contributed by atoms with van der Waals surface area (Å²) in [4.78, 5) is 9.47. The standard InChI is InChI=1S/C24H30N8O/c1-16(2)20-15-27-32-22(20)29-24(33-18-8-6-11-25-14-18)30-23(32)28-17(3)19-9-4-5-10-21(19)31-13-7-12-26-31/h4-5,7,9-10,12-13,15-18,25H,6,8,11,14H2,1-3H3,(H,28,29,30)/t17?,18-/m1/s1. The minimum Gasteiger partial charge on any atom is -0.459 e. The molecule has 0 radical (unpaired) electrons. The Balaban J connectivity index is 1.51. The molecular weight excluding hydrogens is 416 g/mol. The maximum absolute atomic E-state index is 6.20. The number of nitrogens with one attached hydrogen (secondary N) is 2. The van der Waals surface area contributed by atoms with E-state index in [1.165, 1.54) is 0 Å². The maximum Gasteiger partial charge on any atom is 0.322 e. The van der Waals surface area contributed by atoms with Gasteiger partial charge in [-0.15, -0.1) is 0 Å². The van der Waals surface area contributed by atoms with Crippen molar-refractivity contribution in [2.24, 2.45) is 0 Å². The molecule has 9 heteroatoms. The van der Waals surface area contributed by atoms with Gasteiger partial charge in [0, 0.05) is 24.5 Å². The van der Waals surface area contributed by atoms with Gasteiger partial charge < -0.3 is 15.4 Å². The first kappa shape index (κ1) is 21.4. The summed E-state index contributed by atoms with van der Waals surface area (Å²) in [5.74, 6) is 0.890. The molecule has 9 nitrogen and oxygen atoms in total. The lowest BCUT2D eigenvalue weighted by Crippen LogP contribution is -2.37. The van der Waals surface area contributed by atoms with Crippen LogP contribution in [-0.4, -0.2) is 48.6 Å². The molecule has 172 valence electrons. The Bertz CT molecular complexity index is 1210. The van der Waals surface area contributed by atoms with Crippen LogP contribution in [0.15, 0.2) is 48.9 Å². The first-order valence-corrected chi connectivity index (χ1v) is 11.6. The van der Waals surface area contributed by atoms with Gasteiger partial charge in [-0.1, -0.05) is 32.0 Å². The highest BCUT2D eigenvalue weighted by molar-refractivity contribution is 5.54. The van der Waals surface area contributed by atoms with Gasteiger partial charge in [0.15, 0.2) is 5.65 Å². The van der Waals surface area contributed by atoms with Gasteiger partial charge in [-0.25, -0.2) is 4.68 Å². The summed E-state index contributed by atoms with van der Waals surface area (Å²) in [6.07, 6.45) is 7.74. The average molecular weight is 447 g/mol. The van der Waals surface area contributed by atoms with Gasteiger partial charge in [-0.2, -0.15) is 24.7 Å². The van der Waals surface area contributed by atoms with Crippen molar-refractivity contribution in [2.75, 3.05) is 18.4 Å². The Hall–Kier alpha value is -3.46. The normalized spacial score (nSPS) is 17.4. The summed E-state index contributed by atoms with van der Waals surface area (Å²) in [6.45, 7) is 8.22. The predicted octanol–water partition coefficient (Wildman–Crippen LogP) is 3.74. The fraction of sp³-hybridized carbons (Fsp3) is 0.417. The lowest BCUT2D eigenvalue weighted by atomic mass is 10.1. The van der Waals surface area contributed by atoms with Gasteiger partial charge in [0.05, 0.1) is 17.9 Å². The monoisotopic (exact) mass is 446 g/mol. The predicted molar refractivity (Wildman–Crippen MR) is 127 cm³/mol. The highest BCUT2D eigenvalue weighted by Gasteiger charge is 2.21. The van der Waals surface area contributed by atoms with Crippen LogP contribution < -0.4 is 15.4 Å². The van der Waals surface area contributed by atoms with Crippen molar-refractivity contribution in [3.8, 4) is 11.7 Å². The summed E-state index contributed by atoms with van der Waals surface area (Å²) in [5.41, 5.74) is 3.95. The van der Waals surface area contributed by atoms with E-state index in [0.717, 1.165) is 48.4 Å². The maximum atomic E-state index is 6.20. The lowest BCUT2D eigenvalue weighted by molar-refractivity contribution is 0.153. The molecule has 1 aromatic carbocycles. The second kappa shape index (κ2) is 9.19. The zero-order chi connectivity index (χ0) is 22.8. The fourth-order valence-corrected chi connectivity index (χ4v) is 4.24. The van der Waals surface area contributed by atoms with Crippen molar-refractivity contribution in [3.05, 3.63) is 60.0 Å². The van der Waals surface area contributed by atoms with Gasteiger partial charge in [0.25, 0.3) is 0 Å². The molecule has 1 aliphatic heterocycles. The van der Waals surface area contributed by atoms with E-state index in [9.17, 15) is 0 Å². The van der Waals surface area contributed by atoms with E-state index in [0.29, 0.717) is 12.0 Å². The van der Waals surface area contributed by atoms with E-state index in [2.05, 4.69) is 53.7 Å². The summed E-state index contributed by atoms with van der Waals surface area (Å²) < 4.78 is 9.84. The van der Waals surface area contributed by atoms with Crippen molar-refractivity contribution in [1.82, 2.24) is 34.7 Å². The van der Waals surface area contributed by atoms with Crippen molar-refractivity contribution in [1.29, 1.82) is 0 Å². The van der Waals surface area contributed by atoms with Crippen LogP contribution in [0.2, 0.25) is 0 Å². The molecule has 1 unspecified atom stereocenters. The molecule has 4 aromatic rings. The Morgan fingerprint density at radius 1 is 1.09 bits per heavy atom. The fourth-order valence-electron chi connectivity index (χ4n) is 4.24. The highest BCUT2D eigenvalue weighted by atomic mass is 16.5. The molecule has 3 aromatic heterocycles. The zero-order valence-electron chi connectivity index (χ0n) is 19.3. The number of aromatic nitrogens is 6. The Labute approximate surface area is 193 Å². The number of nitrogens with zero attached hydrogens (tertiary/aromatic N) is 6. The molecule has 1 saturated heterocycles. The van der Waals surface area contributed by atoms with Gasteiger partial charge in [-0.3, -0.25) is 0 Å². The molecule has 0 aliphatic carbocycles. The molecular formula is C24H30N8O. The van der Waals surface area contributed by atoms with Crippen LogP contribution in [0.5, 0.6) is 6.01 Å². The van der Waals surface area contributed by atoms with Crippen LogP contribution in [-0.2, 0) is 0 Å². The molecule has 33 heavy (non-hydrogen) atoms. The number of fused-ring (bicyclic) bond motifs is 1. The number of anilines is 1. The van der Waals surface area contributed by atoms with E-state index in [1.807, 2.05) is 35.3 Å². The number of ether oxygens (including phenoxy) is 1. The number of piperidine rings is 1. The first-order chi connectivity index (χ1) is 16.1. The third-order valence-electron chi connectivity index (χ3n) is 6.02. The quantitative estimate of drug-likeness (QED) is 0.447. The number of rotatable bonds is 7. The van der Waals surface area contributed by atoms with Gasteiger partial charge >= 0.3 is 6.01 Å². The largest absolute Gasteiger partial charge is 0.459 e. The van der Waals surface area contributed by atoms with Gasteiger partial charge in [-0.05, 0) is 49.9 Å². The average Bonchev–Trinajstić information content (AvgIpc) is 3.50. The number of hydrogen-bond acceptors (Lipinski definition) is 7. The first-order valence-electron chi connectivity index (χ1n) is 11.6. The van der Waals surface area contributed by atoms with Crippen LogP contribution in [0, 0.1) is 0 Å². The van der Waals surface area contributed by atoms with Crippen LogP contribution in [0.1, 0.15) is 56.7 Å². The third kappa shape index (κ3) is 4.41. The molecule has 0 bridgehead atoms. The minimum atomic E-state index is -0.0561. The number of hydrogen-bond donors (Lipinski definition) is 2. The molecule has 2 atom stereocenters. The van der Waals surface area contributed by atoms with Crippen molar-refractivity contribution in [2.45, 2.75) is 51.7 Å². The summed E-state index contributed by atoms with van der Waals surface area (Å²) in [6, 6.07) is 10.5. The highest BCUT2D eigenvalue weighted by Crippen LogP contribution is 2.27. The van der Waals surface area contributed by atoms with Crippen LogP contribution in [0.3, 0.4) is 0 Å². The Kier molecular flexibility index (Phi) is 5.95. The van der Waals surface area contributed by atoms with E-state index in [4.69, 9.17) is 14.7 Å². The molecule has 0 spiro atoms. The van der Waals surface area contributed by atoms with E-state index >= 15 is 0 Å². The van der Waals surface area contributed by atoms with Gasteiger partial charge in [0.2, 0.25) is 5.95 Å². The van der Waals surface area contributed by atoms with Crippen LogP contribution >= 0.6 is 0 Å². The van der Waals surface area contributed by atoms with E-state index in [1.54, 1.807) is 10.7 Å². The summed E-state index contributed by atoms with van der Waals surface area (Å²) >= 11 is 0. The van der Waals surface area contributed by atoms with Crippen molar-refractivity contribution < 1.29 is 4.74 Å². The van der Waals surface area contributed by atoms with Crippen LogP contribution in [0.4, 0.5) is 5.95 Å². The smallest absolute Gasteiger partial charge is 0.322 e. The second-order valence-corrected chi connectivity index (χ2v) is 8.78. The zero-order valence-corrected chi connectivity index (χ0v) is 19.3. The minimum absolute atomic E-state index is 0.0561. The molecule has 0 amide bonds. The molecule has 0 saturated carbocycles. The topological polar surface area (TPSA) is 94.2 Å².